The number of rotatable bonds is 2. The van der Waals surface area contributed by atoms with Crippen molar-refractivity contribution in [2.24, 2.45) is 0 Å². The zero-order valence-corrected chi connectivity index (χ0v) is 12.8. The topological polar surface area (TPSA) is 0 Å². The first-order chi connectivity index (χ1) is 10.4. The van der Waals surface area contributed by atoms with Crippen molar-refractivity contribution in [2.45, 2.75) is 20.3 Å². The fourth-order valence-electron chi connectivity index (χ4n) is 2.30. The lowest BCUT2D eigenvalue weighted by Crippen LogP contribution is -1.84. The summed E-state index contributed by atoms with van der Waals surface area (Å²) >= 11 is 0. The molecule has 0 aliphatic heterocycles. The smallest absolute Gasteiger partial charge is 0.00884 e. The summed E-state index contributed by atoms with van der Waals surface area (Å²) < 4.78 is 0. The van der Waals surface area contributed by atoms with Gasteiger partial charge in [-0.2, -0.15) is 0 Å². The summed E-state index contributed by atoms with van der Waals surface area (Å²) in [6.07, 6.45) is 11.7. The zero-order valence-electron chi connectivity index (χ0n) is 12.8. The van der Waals surface area contributed by atoms with Gasteiger partial charge >= 0.3 is 0 Å². The second kappa shape index (κ2) is 8.06. The third-order valence-corrected chi connectivity index (χ3v) is 3.36. The molecule has 0 fully saturated rings. The molecule has 0 amide bonds. The molecule has 0 saturated heterocycles. The maximum Gasteiger partial charge on any atom is -0.00884 e. The number of allylic oxidation sites excluding steroid dienone is 6. The van der Waals surface area contributed by atoms with E-state index in [-0.39, 0.29) is 0 Å². The van der Waals surface area contributed by atoms with Crippen LogP contribution in [0.1, 0.15) is 25.8 Å². The van der Waals surface area contributed by atoms with Crippen molar-refractivity contribution in [3.05, 3.63) is 90.5 Å². The van der Waals surface area contributed by atoms with Crippen molar-refractivity contribution in [3.8, 4) is 11.1 Å². The molecule has 0 nitrogen and oxygen atoms in total. The van der Waals surface area contributed by atoms with Gasteiger partial charge in [0, 0.05) is 0 Å². The third-order valence-electron chi connectivity index (χ3n) is 3.36. The second-order valence-electron chi connectivity index (χ2n) is 4.65. The molecule has 0 aromatic heterocycles. The number of hydrogen-bond donors (Lipinski definition) is 0. The largest absolute Gasteiger partial charge is 0.0801 e. The Hall–Kier alpha value is -2.34. The lowest BCUT2D eigenvalue weighted by molar-refractivity contribution is 1.40. The van der Waals surface area contributed by atoms with Crippen LogP contribution in [-0.2, 0) is 0 Å². The average Bonchev–Trinajstić information content (AvgIpc) is 2.87. The van der Waals surface area contributed by atoms with Crippen LogP contribution in [0.3, 0.4) is 0 Å². The van der Waals surface area contributed by atoms with E-state index in [9.17, 15) is 0 Å². The Kier molecular flexibility index (Phi) is 5.78. The van der Waals surface area contributed by atoms with Crippen molar-refractivity contribution in [2.75, 3.05) is 0 Å². The summed E-state index contributed by atoms with van der Waals surface area (Å²) in [6, 6.07) is 19.3. The van der Waals surface area contributed by atoms with Crippen molar-refractivity contribution in [1.29, 1.82) is 0 Å². The summed E-state index contributed by atoms with van der Waals surface area (Å²) in [7, 11) is 0. The van der Waals surface area contributed by atoms with Gasteiger partial charge in [-0.1, -0.05) is 98.8 Å². The van der Waals surface area contributed by atoms with E-state index >= 15 is 0 Å². The van der Waals surface area contributed by atoms with Crippen LogP contribution in [0.5, 0.6) is 0 Å². The van der Waals surface area contributed by atoms with E-state index in [1.165, 1.54) is 22.3 Å². The molecule has 1 aliphatic carbocycles. The lowest BCUT2D eigenvalue weighted by atomic mass is 9.98. The minimum atomic E-state index is 0.998. The van der Waals surface area contributed by atoms with Crippen LogP contribution in [0.25, 0.3) is 16.7 Å². The molecule has 0 radical (unpaired) electrons. The third kappa shape index (κ3) is 4.06. The summed E-state index contributed by atoms with van der Waals surface area (Å²) in [4.78, 5) is 0. The van der Waals surface area contributed by atoms with E-state index < -0.39 is 0 Å². The Labute approximate surface area is 128 Å². The molecule has 2 aromatic rings. The quantitative estimate of drug-likeness (QED) is 0.604. The van der Waals surface area contributed by atoms with Crippen molar-refractivity contribution >= 4 is 5.57 Å². The fourth-order valence-corrected chi connectivity index (χ4v) is 2.30. The molecular formula is C21H22. The Morgan fingerprint density at radius 2 is 1.24 bits per heavy atom. The summed E-state index contributed by atoms with van der Waals surface area (Å²) in [5.41, 5.74) is 5.20. The van der Waals surface area contributed by atoms with Crippen LogP contribution in [0.4, 0.5) is 0 Å². The molecule has 21 heavy (non-hydrogen) atoms. The lowest BCUT2D eigenvalue weighted by Gasteiger charge is -2.06. The predicted molar refractivity (Wildman–Crippen MR) is 94.1 cm³/mol. The van der Waals surface area contributed by atoms with Gasteiger partial charge in [-0.3, -0.25) is 0 Å². The van der Waals surface area contributed by atoms with Gasteiger partial charge in [-0.05, 0) is 28.7 Å². The molecule has 106 valence electrons. The van der Waals surface area contributed by atoms with E-state index in [0.717, 1.165) is 6.42 Å². The SMILES string of the molecule is C1=CC=C(c2ccc(-c3ccccc3)cc2)CC=C1.CC. The van der Waals surface area contributed by atoms with Crippen LogP contribution in [-0.4, -0.2) is 0 Å². The van der Waals surface area contributed by atoms with Gasteiger partial charge < -0.3 is 0 Å². The Morgan fingerprint density at radius 3 is 1.95 bits per heavy atom. The number of hydrogen-bond acceptors (Lipinski definition) is 0. The van der Waals surface area contributed by atoms with Crippen LogP contribution in [0.15, 0.2) is 85.0 Å². The highest BCUT2D eigenvalue weighted by Gasteiger charge is 2.01. The van der Waals surface area contributed by atoms with Gasteiger partial charge in [0.15, 0.2) is 0 Å². The van der Waals surface area contributed by atoms with Crippen molar-refractivity contribution in [1.82, 2.24) is 0 Å². The zero-order chi connectivity index (χ0) is 14.9. The Balaban J connectivity index is 0.000000774. The van der Waals surface area contributed by atoms with E-state index in [1.807, 2.05) is 19.9 Å². The van der Waals surface area contributed by atoms with Crippen LogP contribution in [0.2, 0.25) is 0 Å². The van der Waals surface area contributed by atoms with Gasteiger partial charge in [0.1, 0.15) is 0 Å². The first-order valence-electron chi connectivity index (χ1n) is 7.62. The minimum absolute atomic E-state index is 0.998. The van der Waals surface area contributed by atoms with Crippen molar-refractivity contribution < 1.29 is 0 Å². The summed E-state index contributed by atoms with van der Waals surface area (Å²) in [5, 5.41) is 0. The van der Waals surface area contributed by atoms with Crippen molar-refractivity contribution in [3.63, 3.8) is 0 Å². The molecule has 1 aliphatic rings. The molecule has 0 bridgehead atoms. The minimum Gasteiger partial charge on any atom is -0.0801 e. The van der Waals surface area contributed by atoms with E-state index in [0.29, 0.717) is 0 Å². The highest BCUT2D eigenvalue weighted by Crippen LogP contribution is 2.25. The molecule has 0 atom stereocenters. The maximum atomic E-state index is 2.21. The molecule has 0 N–H and O–H groups in total. The van der Waals surface area contributed by atoms with Gasteiger partial charge in [-0.15, -0.1) is 0 Å². The molecule has 0 spiro atoms. The Bertz CT molecular complexity index is 625. The van der Waals surface area contributed by atoms with Gasteiger partial charge in [-0.25, -0.2) is 0 Å². The van der Waals surface area contributed by atoms with Gasteiger partial charge in [0.2, 0.25) is 0 Å². The molecule has 0 heterocycles. The van der Waals surface area contributed by atoms with E-state index in [2.05, 4.69) is 78.9 Å². The first-order valence-corrected chi connectivity index (χ1v) is 7.62. The van der Waals surface area contributed by atoms with Gasteiger partial charge in [0.05, 0.1) is 0 Å². The fraction of sp³-hybridized carbons (Fsp3) is 0.143. The Morgan fingerprint density at radius 1 is 0.619 bits per heavy atom. The van der Waals surface area contributed by atoms with Crippen LogP contribution < -0.4 is 0 Å². The summed E-state index contributed by atoms with van der Waals surface area (Å²) in [6.45, 7) is 4.00. The molecule has 3 rings (SSSR count). The first kappa shape index (κ1) is 15.1. The monoisotopic (exact) mass is 274 g/mol. The predicted octanol–water partition coefficient (Wildman–Crippen LogP) is 6.28. The average molecular weight is 274 g/mol. The molecule has 2 aromatic carbocycles. The summed E-state index contributed by atoms with van der Waals surface area (Å²) in [5.74, 6) is 0. The normalized spacial score (nSPS) is 13.0. The maximum absolute atomic E-state index is 2.21. The van der Waals surface area contributed by atoms with E-state index in [4.69, 9.17) is 0 Å². The van der Waals surface area contributed by atoms with E-state index in [1.54, 1.807) is 0 Å². The molecule has 0 heteroatoms. The highest BCUT2D eigenvalue weighted by molar-refractivity contribution is 5.72. The number of benzene rings is 2. The van der Waals surface area contributed by atoms with Crippen LogP contribution in [0, 0.1) is 0 Å². The molecule has 0 unspecified atom stereocenters. The van der Waals surface area contributed by atoms with Gasteiger partial charge in [0.25, 0.3) is 0 Å². The molecular weight excluding hydrogens is 252 g/mol. The standard InChI is InChI=1S/C19H16.C2H6/c1-2-5-9-16(8-4-1)18-12-14-19(15-13-18)17-10-6-3-7-11-17;1-2/h1-8,10-15H,9H2;1-2H3. The molecule has 0 saturated carbocycles. The van der Waals surface area contributed by atoms with Crippen LogP contribution >= 0.6 is 0 Å². The highest BCUT2D eigenvalue weighted by atomic mass is 14.1. The second-order valence-corrected chi connectivity index (χ2v) is 4.65.